The van der Waals surface area contributed by atoms with Crippen molar-refractivity contribution in [3.8, 4) is 0 Å². The molecule has 1 N–H and O–H groups in total. The van der Waals surface area contributed by atoms with E-state index in [1.54, 1.807) is 0 Å². The molecule has 0 saturated heterocycles. The topological polar surface area (TPSA) is 37.3 Å². The van der Waals surface area contributed by atoms with Crippen LogP contribution in [0.25, 0.3) is 0 Å². The van der Waals surface area contributed by atoms with E-state index >= 15 is 0 Å². The molecule has 0 aromatic heterocycles. The van der Waals surface area contributed by atoms with E-state index in [-0.39, 0.29) is 17.8 Å². The monoisotopic (exact) mass is 260 g/mol. The smallest absolute Gasteiger partial charge is 0.166 e. The number of carbonyl (C=O) groups is 1. The summed E-state index contributed by atoms with van der Waals surface area (Å²) in [6, 6.07) is 6.23. The van der Waals surface area contributed by atoms with Crippen LogP contribution in [0.15, 0.2) is 18.2 Å². The first kappa shape index (κ1) is 14.3. The number of rotatable bonds is 3. The summed E-state index contributed by atoms with van der Waals surface area (Å²) in [5.41, 5.74) is 3.18. The van der Waals surface area contributed by atoms with E-state index < -0.39 is 0 Å². The highest BCUT2D eigenvalue weighted by atomic mass is 16.3. The summed E-state index contributed by atoms with van der Waals surface area (Å²) in [7, 11) is 0. The Morgan fingerprint density at radius 3 is 2.42 bits per heavy atom. The number of hydrogen-bond donors (Lipinski definition) is 1. The van der Waals surface area contributed by atoms with Crippen molar-refractivity contribution in [2.45, 2.75) is 58.5 Å². The van der Waals surface area contributed by atoms with Crippen molar-refractivity contribution in [2.24, 2.45) is 5.92 Å². The molecule has 1 aromatic carbocycles. The third-order valence-corrected chi connectivity index (χ3v) is 4.26. The number of aryl methyl sites for hydroxylation is 1. The molecule has 104 valence electrons. The van der Waals surface area contributed by atoms with Crippen molar-refractivity contribution >= 4 is 5.78 Å². The maximum absolute atomic E-state index is 12.6. The second-order valence-electron chi connectivity index (χ2n) is 6.10. The minimum Gasteiger partial charge on any atom is -0.393 e. The molecule has 0 atom stereocenters. The van der Waals surface area contributed by atoms with Crippen molar-refractivity contribution in [3.63, 3.8) is 0 Å². The van der Waals surface area contributed by atoms with Gasteiger partial charge < -0.3 is 5.11 Å². The van der Waals surface area contributed by atoms with Crippen molar-refractivity contribution in [1.29, 1.82) is 0 Å². The third kappa shape index (κ3) is 3.24. The van der Waals surface area contributed by atoms with E-state index in [2.05, 4.69) is 32.0 Å². The Kier molecular flexibility index (Phi) is 4.41. The highest BCUT2D eigenvalue weighted by Crippen LogP contribution is 2.29. The molecule has 2 heteroatoms. The Morgan fingerprint density at radius 1 is 1.21 bits per heavy atom. The first-order chi connectivity index (χ1) is 8.99. The van der Waals surface area contributed by atoms with Gasteiger partial charge in [0.15, 0.2) is 5.78 Å². The molecule has 0 unspecified atom stereocenters. The van der Waals surface area contributed by atoms with Gasteiger partial charge >= 0.3 is 0 Å². The molecule has 1 saturated carbocycles. The Hall–Kier alpha value is -1.15. The summed E-state index contributed by atoms with van der Waals surface area (Å²) in [5.74, 6) is 0.816. The van der Waals surface area contributed by atoms with Gasteiger partial charge in [-0.15, -0.1) is 0 Å². The molecule has 19 heavy (non-hydrogen) atoms. The molecule has 1 aromatic rings. The standard InChI is InChI=1S/C17H24O2/c1-11(2)14-5-4-12(3)16(10-14)17(19)13-6-8-15(18)9-7-13/h4-5,10-11,13,15,18H,6-9H2,1-3H3. The lowest BCUT2D eigenvalue weighted by atomic mass is 9.81. The molecule has 1 aliphatic rings. The maximum atomic E-state index is 12.6. The van der Waals surface area contributed by atoms with Crippen LogP contribution in [0.5, 0.6) is 0 Å². The lowest BCUT2D eigenvalue weighted by molar-refractivity contribution is 0.0764. The van der Waals surface area contributed by atoms with E-state index in [9.17, 15) is 9.90 Å². The quantitative estimate of drug-likeness (QED) is 0.838. The predicted molar refractivity (Wildman–Crippen MR) is 77.6 cm³/mol. The summed E-state index contributed by atoms with van der Waals surface area (Å²) in [5, 5.41) is 9.54. The SMILES string of the molecule is Cc1ccc(C(C)C)cc1C(=O)C1CCC(O)CC1. The van der Waals surface area contributed by atoms with Crippen molar-refractivity contribution < 1.29 is 9.90 Å². The van der Waals surface area contributed by atoms with Gasteiger partial charge in [-0.1, -0.05) is 26.0 Å². The number of Topliss-reactive ketones (excluding diaryl/α,β-unsaturated/α-hetero) is 1. The fraction of sp³-hybridized carbons (Fsp3) is 0.588. The first-order valence-electron chi connectivity index (χ1n) is 7.32. The van der Waals surface area contributed by atoms with E-state index in [4.69, 9.17) is 0 Å². The number of ketones is 1. The van der Waals surface area contributed by atoms with Crippen LogP contribution in [0.4, 0.5) is 0 Å². The van der Waals surface area contributed by atoms with Crippen LogP contribution in [-0.2, 0) is 0 Å². The molecule has 2 nitrogen and oxygen atoms in total. The lowest BCUT2D eigenvalue weighted by Crippen LogP contribution is -2.25. The average Bonchev–Trinajstić information content (AvgIpc) is 2.39. The Labute approximate surface area is 115 Å². The molecule has 0 heterocycles. The third-order valence-electron chi connectivity index (χ3n) is 4.26. The molecular formula is C17H24O2. The van der Waals surface area contributed by atoms with Gasteiger partial charge in [-0.2, -0.15) is 0 Å². The van der Waals surface area contributed by atoms with Gasteiger partial charge in [0.1, 0.15) is 0 Å². The average molecular weight is 260 g/mol. The minimum atomic E-state index is -0.202. The molecule has 0 aliphatic heterocycles. The number of hydrogen-bond acceptors (Lipinski definition) is 2. The highest BCUT2D eigenvalue weighted by Gasteiger charge is 2.27. The van der Waals surface area contributed by atoms with Crippen LogP contribution >= 0.6 is 0 Å². The predicted octanol–water partition coefficient (Wildman–Crippen LogP) is 3.85. The maximum Gasteiger partial charge on any atom is 0.166 e. The summed E-state index contributed by atoms with van der Waals surface area (Å²) in [6.07, 6.45) is 2.97. The van der Waals surface area contributed by atoms with Crippen LogP contribution in [0.1, 0.15) is 66.9 Å². The molecular weight excluding hydrogens is 236 g/mol. The van der Waals surface area contributed by atoms with Gasteiger partial charge in [0, 0.05) is 11.5 Å². The number of benzene rings is 1. The van der Waals surface area contributed by atoms with Gasteiger partial charge in [0.25, 0.3) is 0 Å². The zero-order valence-corrected chi connectivity index (χ0v) is 12.1. The Balaban J connectivity index is 2.20. The molecule has 0 amide bonds. The number of carbonyl (C=O) groups excluding carboxylic acids is 1. The molecule has 1 aliphatic carbocycles. The van der Waals surface area contributed by atoms with E-state index in [1.165, 1.54) is 5.56 Å². The van der Waals surface area contributed by atoms with Crippen LogP contribution in [0, 0.1) is 12.8 Å². The van der Waals surface area contributed by atoms with E-state index in [0.717, 1.165) is 36.8 Å². The summed E-state index contributed by atoms with van der Waals surface area (Å²) in [6.45, 7) is 6.31. The summed E-state index contributed by atoms with van der Waals surface area (Å²) >= 11 is 0. The van der Waals surface area contributed by atoms with Crippen LogP contribution < -0.4 is 0 Å². The van der Waals surface area contributed by atoms with Gasteiger partial charge in [-0.05, 0) is 55.7 Å². The largest absolute Gasteiger partial charge is 0.393 e. The highest BCUT2D eigenvalue weighted by molar-refractivity contribution is 5.99. The Bertz CT molecular complexity index is 454. The van der Waals surface area contributed by atoms with Crippen molar-refractivity contribution in [1.82, 2.24) is 0 Å². The molecule has 0 spiro atoms. The zero-order valence-electron chi connectivity index (χ0n) is 12.1. The van der Waals surface area contributed by atoms with Gasteiger partial charge in [-0.25, -0.2) is 0 Å². The van der Waals surface area contributed by atoms with Gasteiger partial charge in [0.2, 0.25) is 0 Å². The number of aliphatic hydroxyl groups excluding tert-OH is 1. The molecule has 1 fully saturated rings. The molecule has 2 rings (SSSR count). The first-order valence-corrected chi connectivity index (χ1v) is 7.32. The lowest BCUT2D eigenvalue weighted by Gasteiger charge is -2.25. The summed E-state index contributed by atoms with van der Waals surface area (Å²) < 4.78 is 0. The zero-order chi connectivity index (χ0) is 14.0. The van der Waals surface area contributed by atoms with Gasteiger partial charge in [0.05, 0.1) is 6.10 Å². The summed E-state index contributed by atoms with van der Waals surface area (Å²) in [4.78, 5) is 12.6. The molecule has 0 bridgehead atoms. The fourth-order valence-corrected chi connectivity index (χ4v) is 2.82. The number of aliphatic hydroxyl groups is 1. The van der Waals surface area contributed by atoms with E-state index in [0.29, 0.717) is 5.92 Å². The normalized spacial score (nSPS) is 23.6. The van der Waals surface area contributed by atoms with Gasteiger partial charge in [-0.3, -0.25) is 4.79 Å². The second-order valence-corrected chi connectivity index (χ2v) is 6.10. The second kappa shape index (κ2) is 5.87. The minimum absolute atomic E-state index is 0.101. The van der Waals surface area contributed by atoms with Crippen molar-refractivity contribution in [2.75, 3.05) is 0 Å². The van der Waals surface area contributed by atoms with Crippen molar-refractivity contribution in [3.05, 3.63) is 34.9 Å². The molecule has 0 radical (unpaired) electrons. The Morgan fingerprint density at radius 2 is 1.84 bits per heavy atom. The fourth-order valence-electron chi connectivity index (χ4n) is 2.82. The van der Waals surface area contributed by atoms with Crippen LogP contribution in [-0.4, -0.2) is 17.0 Å². The van der Waals surface area contributed by atoms with Crippen LogP contribution in [0.2, 0.25) is 0 Å². The van der Waals surface area contributed by atoms with Crippen LogP contribution in [0.3, 0.4) is 0 Å². The van der Waals surface area contributed by atoms with E-state index in [1.807, 2.05) is 6.92 Å².